The number of hydrogen-bond donors (Lipinski definition) is 0. The Morgan fingerprint density at radius 3 is 2.58 bits per heavy atom. The van der Waals surface area contributed by atoms with Crippen LogP contribution in [0.3, 0.4) is 0 Å². The number of Topliss-reactive ketones (excluding diaryl/α,β-unsaturated/α-hetero) is 1. The lowest BCUT2D eigenvalue weighted by Gasteiger charge is -2.31. The first-order valence-corrected chi connectivity index (χ1v) is 13.7. The largest absolute Gasteiger partial charge is 0.493 e. The summed E-state index contributed by atoms with van der Waals surface area (Å²) in [5, 5.41) is 2.00. The van der Waals surface area contributed by atoms with Gasteiger partial charge < -0.3 is 14.4 Å². The number of ether oxygens (including phenoxy) is 2. The molecule has 0 atom stereocenters. The van der Waals surface area contributed by atoms with Crippen molar-refractivity contribution in [1.29, 1.82) is 0 Å². The highest BCUT2D eigenvalue weighted by molar-refractivity contribution is 7.10. The number of rotatable bonds is 11. The van der Waals surface area contributed by atoms with E-state index in [1.165, 1.54) is 24.5 Å². The Bertz CT molecular complexity index is 1310. The molecule has 0 amide bonds. The van der Waals surface area contributed by atoms with Crippen molar-refractivity contribution in [3.63, 3.8) is 0 Å². The Labute approximate surface area is 232 Å². The molecule has 0 radical (unpaired) electrons. The van der Waals surface area contributed by atoms with E-state index in [9.17, 15) is 27.2 Å². The molecule has 1 aliphatic heterocycles. The number of nitrogens with zero attached hydrogens (tertiary/aromatic N) is 4. The first-order valence-electron chi connectivity index (χ1n) is 12.8. The van der Waals surface area contributed by atoms with Gasteiger partial charge in [-0.15, -0.1) is 11.3 Å². The van der Waals surface area contributed by atoms with Gasteiger partial charge in [-0.25, -0.2) is 15.0 Å². The van der Waals surface area contributed by atoms with E-state index in [1.807, 2.05) is 4.90 Å². The van der Waals surface area contributed by atoms with Gasteiger partial charge in [0.1, 0.15) is 22.3 Å². The lowest BCUT2D eigenvalue weighted by atomic mass is 9.97. The number of thiazole rings is 1. The Hall–Kier alpha value is -3.61. The highest BCUT2D eigenvalue weighted by atomic mass is 32.1. The van der Waals surface area contributed by atoms with Gasteiger partial charge in [0, 0.05) is 30.5 Å². The van der Waals surface area contributed by atoms with Gasteiger partial charge in [0.25, 0.3) is 0 Å². The number of carbonyl (C=O) groups is 2. The average molecular weight is 581 g/mol. The van der Waals surface area contributed by atoms with Gasteiger partial charge in [0.2, 0.25) is 0 Å². The quantitative estimate of drug-likeness (QED) is 0.126. The van der Waals surface area contributed by atoms with Crippen molar-refractivity contribution in [2.45, 2.75) is 38.8 Å². The molecule has 0 saturated carbocycles. The van der Waals surface area contributed by atoms with E-state index in [0.29, 0.717) is 49.1 Å². The van der Waals surface area contributed by atoms with E-state index >= 15 is 0 Å². The van der Waals surface area contributed by atoms with Gasteiger partial charge in [0.05, 0.1) is 55.9 Å². The van der Waals surface area contributed by atoms with Crippen LogP contribution in [-0.4, -0.2) is 59.7 Å². The molecule has 1 fully saturated rings. The molecule has 4 rings (SSSR count). The molecule has 8 nitrogen and oxygen atoms in total. The second kappa shape index (κ2) is 13.2. The van der Waals surface area contributed by atoms with E-state index in [1.54, 1.807) is 12.3 Å². The zero-order chi connectivity index (χ0) is 28.7. The summed E-state index contributed by atoms with van der Waals surface area (Å²) in [6.07, 6.45) is -0.565. The number of piperidine rings is 1. The molecule has 1 saturated heterocycles. The second-order valence-corrected chi connectivity index (χ2v) is 10.0. The maximum absolute atomic E-state index is 13.6. The number of hydrogen-bond acceptors (Lipinski definition) is 9. The average Bonchev–Trinajstić information content (AvgIpc) is 3.41. The van der Waals surface area contributed by atoms with Crippen LogP contribution >= 0.6 is 11.3 Å². The van der Waals surface area contributed by atoms with Crippen LogP contribution in [0.5, 0.6) is 5.75 Å². The van der Waals surface area contributed by atoms with Crippen LogP contribution in [0.25, 0.3) is 11.3 Å². The van der Waals surface area contributed by atoms with Gasteiger partial charge in [-0.2, -0.15) is 13.2 Å². The summed E-state index contributed by atoms with van der Waals surface area (Å²) in [6, 6.07) is 3.57. The number of aromatic nitrogens is 3. The second-order valence-electron chi connectivity index (χ2n) is 9.10. The fourth-order valence-corrected chi connectivity index (χ4v) is 5.06. The summed E-state index contributed by atoms with van der Waals surface area (Å²) in [4.78, 5) is 39.7. The third-order valence-electron chi connectivity index (χ3n) is 6.34. The van der Waals surface area contributed by atoms with E-state index in [4.69, 9.17) is 9.47 Å². The first kappa shape index (κ1) is 29.4. The highest BCUT2D eigenvalue weighted by Crippen LogP contribution is 2.39. The molecule has 0 bridgehead atoms. The van der Waals surface area contributed by atoms with Gasteiger partial charge in [-0.3, -0.25) is 14.0 Å². The SMILES string of the molecule is CCOC(=O)C1CCN(c2cnc(C(=O)Cc3nc(-c4ccc(OCCCF)c(C(F)(F)F)c4)cs3)cn2)CC1. The molecule has 0 aliphatic carbocycles. The van der Waals surface area contributed by atoms with Crippen LogP contribution < -0.4 is 9.64 Å². The molecule has 13 heteroatoms. The number of carbonyl (C=O) groups excluding carboxylic acids is 2. The minimum absolute atomic E-state index is 0.00850. The van der Waals surface area contributed by atoms with Gasteiger partial charge in [0.15, 0.2) is 5.78 Å². The predicted molar refractivity (Wildman–Crippen MR) is 140 cm³/mol. The van der Waals surface area contributed by atoms with Crippen LogP contribution in [0.2, 0.25) is 0 Å². The zero-order valence-corrected chi connectivity index (χ0v) is 22.6. The smallest absolute Gasteiger partial charge is 0.419 e. The minimum Gasteiger partial charge on any atom is -0.493 e. The molecule has 0 unspecified atom stereocenters. The van der Waals surface area contributed by atoms with Gasteiger partial charge in [-0.05, 0) is 38.0 Å². The molecule has 3 heterocycles. The van der Waals surface area contributed by atoms with Crippen molar-refractivity contribution < 1.29 is 36.6 Å². The summed E-state index contributed by atoms with van der Waals surface area (Å²) >= 11 is 1.15. The molecule has 1 aromatic carbocycles. The lowest BCUT2D eigenvalue weighted by molar-refractivity contribution is -0.148. The maximum atomic E-state index is 13.6. The fraction of sp³-hybridized carbons (Fsp3) is 0.444. The molecule has 40 heavy (non-hydrogen) atoms. The van der Waals surface area contributed by atoms with Crippen LogP contribution in [-0.2, 0) is 22.1 Å². The highest BCUT2D eigenvalue weighted by Gasteiger charge is 2.35. The maximum Gasteiger partial charge on any atom is 0.419 e. The van der Waals surface area contributed by atoms with E-state index in [0.717, 1.165) is 17.4 Å². The lowest BCUT2D eigenvalue weighted by Crippen LogP contribution is -2.37. The predicted octanol–water partition coefficient (Wildman–Crippen LogP) is 5.56. The molecule has 1 aliphatic rings. The van der Waals surface area contributed by atoms with Crippen LogP contribution in [0.15, 0.2) is 36.0 Å². The zero-order valence-electron chi connectivity index (χ0n) is 21.7. The summed E-state index contributed by atoms with van der Waals surface area (Å²) in [5.41, 5.74) is -0.316. The minimum atomic E-state index is -4.67. The summed E-state index contributed by atoms with van der Waals surface area (Å²) in [6.45, 7) is 2.52. The van der Waals surface area contributed by atoms with Crippen LogP contribution in [0.4, 0.5) is 23.4 Å². The summed E-state index contributed by atoms with van der Waals surface area (Å²) < 4.78 is 63.3. The molecule has 214 valence electrons. The molecule has 3 aromatic rings. The van der Waals surface area contributed by atoms with Crippen molar-refractivity contribution in [2.75, 3.05) is 37.9 Å². The van der Waals surface area contributed by atoms with E-state index < -0.39 is 18.4 Å². The normalized spacial score (nSPS) is 14.3. The van der Waals surface area contributed by atoms with Crippen molar-refractivity contribution in [3.05, 3.63) is 52.2 Å². The Morgan fingerprint density at radius 2 is 1.93 bits per heavy atom. The third kappa shape index (κ3) is 7.32. The number of halogens is 4. The van der Waals surface area contributed by atoms with Gasteiger partial charge >= 0.3 is 12.1 Å². The van der Waals surface area contributed by atoms with Crippen LogP contribution in [0, 0.1) is 5.92 Å². The van der Waals surface area contributed by atoms with Gasteiger partial charge in [-0.1, -0.05) is 0 Å². The van der Waals surface area contributed by atoms with Crippen molar-refractivity contribution in [1.82, 2.24) is 15.0 Å². The monoisotopic (exact) mass is 580 g/mol. The standard InChI is InChI=1S/C27H28F4N4O4S/c1-2-38-26(37)17-6-9-35(10-7-17)24-15-32-20(14-33-24)22(36)13-25-34-21(16-40-25)18-4-5-23(39-11-3-8-28)19(12-18)27(29,30)31/h4-5,12,14-17H,2-3,6-11,13H2,1H3. The number of esters is 1. The summed E-state index contributed by atoms with van der Waals surface area (Å²) in [5.74, 6) is -0.411. The van der Waals surface area contributed by atoms with E-state index in [2.05, 4.69) is 15.0 Å². The van der Waals surface area contributed by atoms with E-state index in [-0.39, 0.29) is 54.1 Å². The molecule has 0 N–H and O–H groups in total. The number of anilines is 1. The number of ketones is 1. The number of benzene rings is 1. The van der Waals surface area contributed by atoms with Crippen molar-refractivity contribution in [3.8, 4) is 17.0 Å². The first-order chi connectivity index (χ1) is 19.2. The molecular weight excluding hydrogens is 552 g/mol. The Morgan fingerprint density at radius 1 is 1.15 bits per heavy atom. The van der Waals surface area contributed by atoms with Crippen LogP contribution in [0.1, 0.15) is 47.2 Å². The Kier molecular flexibility index (Phi) is 9.67. The molecule has 2 aromatic heterocycles. The fourth-order valence-electron chi connectivity index (χ4n) is 4.26. The van der Waals surface area contributed by atoms with Crippen molar-refractivity contribution in [2.24, 2.45) is 5.92 Å². The summed E-state index contributed by atoms with van der Waals surface area (Å²) in [7, 11) is 0. The molecular formula is C27H28F4N4O4S. The topological polar surface area (TPSA) is 94.5 Å². The Balaban J connectivity index is 1.38. The number of alkyl halides is 4. The van der Waals surface area contributed by atoms with Crippen molar-refractivity contribution >= 4 is 28.9 Å². The molecule has 0 spiro atoms. The third-order valence-corrected chi connectivity index (χ3v) is 7.19.